The fourth-order valence-electron chi connectivity index (χ4n) is 2.20. The molecule has 0 unspecified atom stereocenters. The van der Waals surface area contributed by atoms with E-state index in [1.165, 1.54) is 11.1 Å². The summed E-state index contributed by atoms with van der Waals surface area (Å²) >= 11 is 1.76. The van der Waals surface area contributed by atoms with Crippen LogP contribution in [-0.2, 0) is 4.79 Å². The van der Waals surface area contributed by atoms with Gasteiger partial charge in [0.15, 0.2) is 0 Å². The highest BCUT2D eigenvalue weighted by atomic mass is 32.2. The van der Waals surface area contributed by atoms with Crippen molar-refractivity contribution in [3.8, 4) is 0 Å². The Hall–Kier alpha value is -1.28. The standard InChI is InChI=1S/C13H10OS/c14-7-10-8-15-13-11-4-2-1-3-9(11)5-6-12(10)13/h1-8,12-13H/t12-,13-/m1/s1. The van der Waals surface area contributed by atoms with Gasteiger partial charge < -0.3 is 0 Å². The van der Waals surface area contributed by atoms with E-state index in [0.717, 1.165) is 11.9 Å². The topological polar surface area (TPSA) is 17.1 Å². The van der Waals surface area contributed by atoms with Crippen LogP contribution in [0.5, 0.6) is 0 Å². The van der Waals surface area contributed by atoms with Crippen LogP contribution in [0.2, 0.25) is 0 Å². The second-order valence-corrected chi connectivity index (χ2v) is 4.82. The van der Waals surface area contributed by atoms with Crippen molar-refractivity contribution < 1.29 is 4.79 Å². The van der Waals surface area contributed by atoms with Gasteiger partial charge in [0, 0.05) is 16.7 Å². The molecule has 15 heavy (non-hydrogen) atoms. The van der Waals surface area contributed by atoms with Gasteiger partial charge in [0.2, 0.25) is 0 Å². The Morgan fingerprint density at radius 1 is 1.27 bits per heavy atom. The first-order chi connectivity index (χ1) is 7.40. The summed E-state index contributed by atoms with van der Waals surface area (Å²) in [6.07, 6.45) is 5.25. The smallest absolute Gasteiger partial charge is 0.147 e. The minimum absolute atomic E-state index is 0.280. The van der Waals surface area contributed by atoms with Crippen LogP contribution in [0, 0.1) is 5.92 Å². The summed E-state index contributed by atoms with van der Waals surface area (Å²) in [7, 11) is 0. The number of aldehydes is 1. The summed E-state index contributed by atoms with van der Waals surface area (Å²) in [6, 6.07) is 8.40. The lowest BCUT2D eigenvalue weighted by Crippen LogP contribution is -2.11. The molecule has 1 aliphatic heterocycles. The Kier molecular flexibility index (Phi) is 2.03. The first-order valence-corrected chi connectivity index (χ1v) is 5.92. The van der Waals surface area contributed by atoms with Gasteiger partial charge in [0.05, 0.1) is 0 Å². The molecule has 2 heteroatoms. The Labute approximate surface area is 92.9 Å². The van der Waals surface area contributed by atoms with E-state index in [0.29, 0.717) is 5.25 Å². The highest BCUT2D eigenvalue weighted by Crippen LogP contribution is 2.50. The normalized spacial score (nSPS) is 26.8. The van der Waals surface area contributed by atoms with Crippen LogP contribution < -0.4 is 0 Å². The highest BCUT2D eigenvalue weighted by Gasteiger charge is 2.32. The monoisotopic (exact) mass is 214 g/mol. The van der Waals surface area contributed by atoms with E-state index in [1.807, 2.05) is 5.41 Å². The first-order valence-electron chi connectivity index (χ1n) is 4.98. The van der Waals surface area contributed by atoms with E-state index in [1.54, 1.807) is 11.8 Å². The number of rotatable bonds is 1. The maximum atomic E-state index is 10.9. The van der Waals surface area contributed by atoms with Crippen LogP contribution in [0.1, 0.15) is 16.4 Å². The second kappa shape index (κ2) is 3.38. The molecule has 2 aliphatic rings. The molecule has 3 rings (SSSR count). The van der Waals surface area contributed by atoms with Gasteiger partial charge in [-0.3, -0.25) is 4.79 Å². The molecule has 0 bridgehead atoms. The Morgan fingerprint density at radius 3 is 3.00 bits per heavy atom. The van der Waals surface area contributed by atoms with Gasteiger partial charge in [-0.25, -0.2) is 0 Å². The number of benzene rings is 1. The van der Waals surface area contributed by atoms with E-state index in [4.69, 9.17) is 0 Å². The fourth-order valence-corrected chi connectivity index (χ4v) is 3.50. The molecule has 1 heterocycles. The molecule has 0 saturated heterocycles. The number of allylic oxidation sites excluding steroid dienone is 2. The average Bonchev–Trinajstić information content (AvgIpc) is 2.72. The number of carbonyl (C=O) groups is 1. The summed E-state index contributed by atoms with van der Waals surface area (Å²) in [6.45, 7) is 0. The zero-order valence-electron chi connectivity index (χ0n) is 8.09. The molecule has 74 valence electrons. The number of fused-ring (bicyclic) bond motifs is 3. The molecular weight excluding hydrogens is 204 g/mol. The third kappa shape index (κ3) is 1.29. The summed E-state index contributed by atoms with van der Waals surface area (Å²) in [5.41, 5.74) is 3.55. The van der Waals surface area contributed by atoms with Crippen LogP contribution in [-0.4, -0.2) is 6.29 Å². The average molecular weight is 214 g/mol. The van der Waals surface area contributed by atoms with Crippen LogP contribution in [0.4, 0.5) is 0 Å². The molecule has 1 aliphatic carbocycles. The number of carbonyl (C=O) groups excluding carboxylic acids is 1. The van der Waals surface area contributed by atoms with Crippen molar-refractivity contribution >= 4 is 24.1 Å². The van der Waals surface area contributed by atoms with Crippen LogP contribution >= 0.6 is 11.8 Å². The molecule has 1 nitrogen and oxygen atoms in total. The third-order valence-electron chi connectivity index (χ3n) is 2.98. The van der Waals surface area contributed by atoms with E-state index >= 15 is 0 Å². The predicted molar refractivity (Wildman–Crippen MR) is 63.4 cm³/mol. The molecule has 0 fully saturated rings. The zero-order chi connectivity index (χ0) is 10.3. The van der Waals surface area contributed by atoms with Gasteiger partial charge in [-0.05, 0) is 16.5 Å². The molecule has 0 radical (unpaired) electrons. The number of hydrogen-bond acceptors (Lipinski definition) is 2. The lowest BCUT2D eigenvalue weighted by atomic mass is 9.86. The Morgan fingerprint density at radius 2 is 2.13 bits per heavy atom. The largest absolute Gasteiger partial charge is 0.298 e. The van der Waals surface area contributed by atoms with E-state index in [2.05, 4.69) is 36.4 Å². The lowest BCUT2D eigenvalue weighted by Gasteiger charge is -2.23. The molecule has 0 N–H and O–H groups in total. The van der Waals surface area contributed by atoms with Crippen molar-refractivity contribution in [1.82, 2.24) is 0 Å². The predicted octanol–water partition coefficient (Wildman–Crippen LogP) is 3.20. The molecule has 0 spiro atoms. The molecule has 0 aromatic heterocycles. The van der Waals surface area contributed by atoms with E-state index < -0.39 is 0 Å². The van der Waals surface area contributed by atoms with Crippen LogP contribution in [0.3, 0.4) is 0 Å². The van der Waals surface area contributed by atoms with Crippen LogP contribution in [0.15, 0.2) is 41.3 Å². The van der Waals surface area contributed by atoms with E-state index in [-0.39, 0.29) is 5.92 Å². The molecule has 2 atom stereocenters. The van der Waals surface area contributed by atoms with Crippen molar-refractivity contribution in [3.63, 3.8) is 0 Å². The van der Waals surface area contributed by atoms with Gasteiger partial charge in [-0.1, -0.05) is 36.4 Å². The van der Waals surface area contributed by atoms with E-state index in [9.17, 15) is 4.79 Å². The summed E-state index contributed by atoms with van der Waals surface area (Å²) in [5, 5.41) is 2.40. The van der Waals surface area contributed by atoms with Crippen molar-refractivity contribution in [1.29, 1.82) is 0 Å². The fraction of sp³-hybridized carbons (Fsp3) is 0.154. The van der Waals surface area contributed by atoms with Gasteiger partial charge in [-0.2, -0.15) is 0 Å². The van der Waals surface area contributed by atoms with Gasteiger partial charge in [-0.15, -0.1) is 11.8 Å². The third-order valence-corrected chi connectivity index (χ3v) is 4.23. The number of thioether (sulfide) groups is 1. The maximum Gasteiger partial charge on any atom is 0.147 e. The van der Waals surface area contributed by atoms with Crippen molar-refractivity contribution in [2.24, 2.45) is 5.92 Å². The van der Waals surface area contributed by atoms with Gasteiger partial charge in [0.25, 0.3) is 0 Å². The first kappa shape index (κ1) is 8.98. The lowest BCUT2D eigenvalue weighted by molar-refractivity contribution is -0.105. The quantitative estimate of drug-likeness (QED) is 0.668. The molecule has 0 saturated carbocycles. The van der Waals surface area contributed by atoms with Crippen molar-refractivity contribution in [2.75, 3.05) is 0 Å². The Balaban J connectivity index is 2.08. The van der Waals surface area contributed by atoms with Crippen molar-refractivity contribution in [3.05, 3.63) is 52.4 Å². The molecule has 1 aromatic rings. The minimum Gasteiger partial charge on any atom is -0.298 e. The molecule has 0 amide bonds. The Bertz CT molecular complexity index is 473. The van der Waals surface area contributed by atoms with Crippen LogP contribution in [0.25, 0.3) is 6.08 Å². The second-order valence-electron chi connectivity index (χ2n) is 3.81. The molecule has 1 aromatic carbocycles. The molecular formula is C13H10OS. The highest BCUT2D eigenvalue weighted by molar-refractivity contribution is 8.02. The number of hydrogen-bond donors (Lipinski definition) is 0. The van der Waals surface area contributed by atoms with Gasteiger partial charge in [0.1, 0.15) is 6.29 Å². The zero-order valence-corrected chi connectivity index (χ0v) is 8.91. The maximum absolute atomic E-state index is 10.9. The van der Waals surface area contributed by atoms with Crippen molar-refractivity contribution in [2.45, 2.75) is 5.25 Å². The summed E-state index contributed by atoms with van der Waals surface area (Å²) in [5.74, 6) is 0.280. The SMILES string of the molecule is O=CC1=CS[C@@H]2c3ccccc3C=C[C@H]12. The van der Waals surface area contributed by atoms with Gasteiger partial charge >= 0.3 is 0 Å². The minimum atomic E-state index is 0.280. The summed E-state index contributed by atoms with van der Waals surface area (Å²) in [4.78, 5) is 10.9. The summed E-state index contributed by atoms with van der Waals surface area (Å²) < 4.78 is 0.